The number of anilines is 1. The Balaban J connectivity index is 2.48. The first-order valence-electron chi connectivity index (χ1n) is 6.45. The number of amides is 1. The fourth-order valence-corrected chi connectivity index (χ4v) is 2.20. The van der Waals surface area contributed by atoms with Crippen LogP contribution in [-0.2, 0) is 11.2 Å². The second-order valence-corrected chi connectivity index (χ2v) is 5.22. The quantitative estimate of drug-likeness (QED) is 0.757. The zero-order valence-corrected chi connectivity index (χ0v) is 12.4. The van der Waals surface area contributed by atoms with Crippen molar-refractivity contribution < 1.29 is 4.79 Å². The fourth-order valence-electron chi connectivity index (χ4n) is 1.80. The molecule has 1 amide bonds. The van der Waals surface area contributed by atoms with Gasteiger partial charge in [-0.3, -0.25) is 4.79 Å². The zero-order valence-electron chi connectivity index (χ0n) is 10.8. The summed E-state index contributed by atoms with van der Waals surface area (Å²) in [5, 5.41) is 2.97. The van der Waals surface area contributed by atoms with Gasteiger partial charge in [-0.2, -0.15) is 0 Å². The molecule has 0 aliphatic heterocycles. The monoisotopic (exact) mass is 312 g/mol. The number of benzene rings is 1. The summed E-state index contributed by atoms with van der Waals surface area (Å²) in [4.78, 5) is 11.8. The molecular formula is C14H21BrN2O. The van der Waals surface area contributed by atoms with Crippen LogP contribution in [0.1, 0.15) is 38.2 Å². The molecule has 0 heterocycles. The van der Waals surface area contributed by atoms with Crippen molar-refractivity contribution in [3.63, 3.8) is 0 Å². The van der Waals surface area contributed by atoms with E-state index in [9.17, 15) is 4.79 Å². The minimum absolute atomic E-state index is 0.0871. The van der Waals surface area contributed by atoms with Gasteiger partial charge in [0.25, 0.3) is 0 Å². The van der Waals surface area contributed by atoms with Crippen molar-refractivity contribution >= 4 is 27.5 Å². The van der Waals surface area contributed by atoms with Gasteiger partial charge in [-0.15, -0.1) is 0 Å². The van der Waals surface area contributed by atoms with E-state index in [0.717, 1.165) is 41.4 Å². The Bertz CT molecular complexity index is 393. The smallest absolute Gasteiger partial charge is 0.224 e. The number of rotatable bonds is 7. The predicted octanol–water partition coefficient (Wildman–Crippen LogP) is 3.47. The minimum Gasteiger partial charge on any atom is -0.330 e. The first kappa shape index (κ1) is 15.2. The van der Waals surface area contributed by atoms with E-state index in [1.807, 2.05) is 18.2 Å². The van der Waals surface area contributed by atoms with Gasteiger partial charge >= 0.3 is 0 Å². The van der Waals surface area contributed by atoms with Gasteiger partial charge < -0.3 is 11.1 Å². The molecule has 0 spiro atoms. The van der Waals surface area contributed by atoms with Gasteiger partial charge in [0, 0.05) is 16.6 Å². The highest BCUT2D eigenvalue weighted by Gasteiger charge is 2.06. The number of carbonyl (C=O) groups is 1. The molecule has 0 saturated heterocycles. The molecule has 3 N–H and O–H groups in total. The third-order valence-electron chi connectivity index (χ3n) is 2.83. The lowest BCUT2D eigenvalue weighted by Crippen LogP contribution is -2.12. The number of nitrogens with two attached hydrogens (primary N) is 1. The van der Waals surface area contributed by atoms with Crippen LogP contribution < -0.4 is 11.1 Å². The van der Waals surface area contributed by atoms with Crippen molar-refractivity contribution in [2.45, 2.75) is 39.0 Å². The average molecular weight is 313 g/mol. The SMILES string of the molecule is CCc1cc(Br)ccc1NC(=O)CCCCCN. The van der Waals surface area contributed by atoms with E-state index in [2.05, 4.69) is 28.2 Å². The number of unbranched alkanes of at least 4 members (excludes halogenated alkanes) is 2. The van der Waals surface area contributed by atoms with Crippen LogP contribution in [0.15, 0.2) is 22.7 Å². The van der Waals surface area contributed by atoms with E-state index in [1.54, 1.807) is 0 Å². The number of hydrogen-bond donors (Lipinski definition) is 2. The molecule has 3 nitrogen and oxygen atoms in total. The highest BCUT2D eigenvalue weighted by Crippen LogP contribution is 2.21. The fraction of sp³-hybridized carbons (Fsp3) is 0.500. The van der Waals surface area contributed by atoms with Crippen LogP contribution in [0.2, 0.25) is 0 Å². The molecule has 0 saturated carbocycles. The molecule has 0 bridgehead atoms. The van der Waals surface area contributed by atoms with E-state index in [4.69, 9.17) is 5.73 Å². The summed E-state index contributed by atoms with van der Waals surface area (Å²) in [5.41, 5.74) is 7.49. The first-order chi connectivity index (χ1) is 8.67. The summed E-state index contributed by atoms with van der Waals surface area (Å²) in [7, 11) is 0. The van der Waals surface area contributed by atoms with Gasteiger partial charge in [0.2, 0.25) is 5.91 Å². The van der Waals surface area contributed by atoms with E-state index in [0.29, 0.717) is 13.0 Å². The van der Waals surface area contributed by atoms with Gasteiger partial charge in [0.05, 0.1) is 0 Å². The lowest BCUT2D eigenvalue weighted by atomic mass is 10.1. The maximum absolute atomic E-state index is 11.8. The molecule has 0 aliphatic carbocycles. The number of halogens is 1. The molecule has 1 rings (SSSR count). The van der Waals surface area contributed by atoms with Crippen molar-refractivity contribution in [1.82, 2.24) is 0 Å². The summed E-state index contributed by atoms with van der Waals surface area (Å²) >= 11 is 3.44. The van der Waals surface area contributed by atoms with Gasteiger partial charge in [-0.1, -0.05) is 29.3 Å². The van der Waals surface area contributed by atoms with Crippen LogP contribution in [0.25, 0.3) is 0 Å². The summed E-state index contributed by atoms with van der Waals surface area (Å²) in [6, 6.07) is 5.94. The van der Waals surface area contributed by atoms with Gasteiger partial charge in [-0.05, 0) is 49.6 Å². The molecule has 0 unspecified atom stereocenters. The van der Waals surface area contributed by atoms with Crippen molar-refractivity contribution in [1.29, 1.82) is 0 Å². The van der Waals surface area contributed by atoms with Crippen molar-refractivity contribution in [3.8, 4) is 0 Å². The summed E-state index contributed by atoms with van der Waals surface area (Å²) in [6.07, 6.45) is 4.39. The second-order valence-electron chi connectivity index (χ2n) is 4.30. The molecule has 18 heavy (non-hydrogen) atoms. The summed E-state index contributed by atoms with van der Waals surface area (Å²) in [5.74, 6) is 0.0871. The molecule has 0 radical (unpaired) electrons. The van der Waals surface area contributed by atoms with E-state index in [1.165, 1.54) is 0 Å². The van der Waals surface area contributed by atoms with Crippen LogP contribution in [0.3, 0.4) is 0 Å². The van der Waals surface area contributed by atoms with Crippen molar-refractivity contribution in [2.75, 3.05) is 11.9 Å². The molecule has 0 aromatic heterocycles. The molecule has 1 aromatic carbocycles. The molecule has 0 aliphatic rings. The van der Waals surface area contributed by atoms with Crippen molar-refractivity contribution in [2.24, 2.45) is 5.73 Å². The topological polar surface area (TPSA) is 55.1 Å². The average Bonchev–Trinajstić information content (AvgIpc) is 2.37. The van der Waals surface area contributed by atoms with Crippen LogP contribution >= 0.6 is 15.9 Å². The van der Waals surface area contributed by atoms with E-state index < -0.39 is 0 Å². The number of aryl methyl sites for hydroxylation is 1. The molecule has 4 heteroatoms. The van der Waals surface area contributed by atoms with Crippen LogP contribution in [0.4, 0.5) is 5.69 Å². The maximum Gasteiger partial charge on any atom is 0.224 e. The Labute approximate surface area is 117 Å². The number of hydrogen-bond acceptors (Lipinski definition) is 2. The Morgan fingerprint density at radius 3 is 2.78 bits per heavy atom. The van der Waals surface area contributed by atoms with Crippen LogP contribution in [0, 0.1) is 0 Å². The molecule has 0 fully saturated rings. The lowest BCUT2D eigenvalue weighted by molar-refractivity contribution is -0.116. The lowest BCUT2D eigenvalue weighted by Gasteiger charge is -2.10. The third-order valence-corrected chi connectivity index (χ3v) is 3.32. The highest BCUT2D eigenvalue weighted by atomic mass is 79.9. The van der Waals surface area contributed by atoms with E-state index >= 15 is 0 Å². The Morgan fingerprint density at radius 2 is 2.11 bits per heavy atom. The van der Waals surface area contributed by atoms with Gasteiger partial charge in [0.1, 0.15) is 0 Å². The Hall–Kier alpha value is -0.870. The van der Waals surface area contributed by atoms with Gasteiger partial charge in [-0.25, -0.2) is 0 Å². The maximum atomic E-state index is 11.8. The molecule has 1 aromatic rings. The second kappa shape index (κ2) is 8.27. The van der Waals surface area contributed by atoms with Crippen LogP contribution in [-0.4, -0.2) is 12.5 Å². The standard InChI is InChI=1S/C14H21BrN2O/c1-2-11-10-12(15)7-8-13(11)17-14(18)6-4-3-5-9-16/h7-8,10H,2-6,9,16H2,1H3,(H,17,18). The Kier molecular flexibility index (Phi) is 6.98. The molecular weight excluding hydrogens is 292 g/mol. The minimum atomic E-state index is 0.0871. The van der Waals surface area contributed by atoms with Gasteiger partial charge in [0.15, 0.2) is 0 Å². The van der Waals surface area contributed by atoms with Crippen LogP contribution in [0.5, 0.6) is 0 Å². The Morgan fingerprint density at radius 1 is 1.33 bits per heavy atom. The largest absolute Gasteiger partial charge is 0.330 e. The van der Waals surface area contributed by atoms with Crippen molar-refractivity contribution in [3.05, 3.63) is 28.2 Å². The summed E-state index contributed by atoms with van der Waals surface area (Å²) < 4.78 is 1.04. The zero-order chi connectivity index (χ0) is 13.4. The number of nitrogens with one attached hydrogen (secondary N) is 1. The third kappa shape index (κ3) is 5.19. The summed E-state index contributed by atoms with van der Waals surface area (Å²) in [6.45, 7) is 2.78. The predicted molar refractivity (Wildman–Crippen MR) is 79.7 cm³/mol. The highest BCUT2D eigenvalue weighted by molar-refractivity contribution is 9.10. The normalized spacial score (nSPS) is 10.4. The first-order valence-corrected chi connectivity index (χ1v) is 7.25. The van der Waals surface area contributed by atoms with E-state index in [-0.39, 0.29) is 5.91 Å². The number of carbonyl (C=O) groups excluding carboxylic acids is 1. The molecule has 0 atom stereocenters. The molecule has 100 valence electrons.